The van der Waals surface area contributed by atoms with Crippen LogP contribution in [0.2, 0.25) is 0 Å². The van der Waals surface area contributed by atoms with E-state index in [1.54, 1.807) is 13.1 Å². The van der Waals surface area contributed by atoms with Gasteiger partial charge in [0.1, 0.15) is 6.10 Å². The number of rotatable bonds is 19. The van der Waals surface area contributed by atoms with Gasteiger partial charge in [-0.05, 0) is 32.6 Å². The Labute approximate surface area is 223 Å². The van der Waals surface area contributed by atoms with Crippen molar-refractivity contribution in [3.8, 4) is 0 Å². The second-order valence-corrected chi connectivity index (χ2v) is 14.3. The lowest BCUT2D eigenvalue weighted by Crippen LogP contribution is -2.27. The molecule has 23 heteroatoms. The second-order valence-electron chi connectivity index (χ2n) is 8.19. The quantitative estimate of drug-likeness (QED) is 0.145. The first-order chi connectivity index (χ1) is 18.0. The number of unbranched alkanes of at least 4 members (excludes halogenated alkanes) is 1. The molecule has 19 nitrogen and oxygen atoms in total. The smallest absolute Gasteiger partial charge is 0.471 e. The summed E-state index contributed by atoms with van der Waals surface area (Å²) in [6, 6.07) is 0. The molecule has 2 heterocycles. The predicted octanol–water partition coefficient (Wildman–Crippen LogP) is -0.236. The van der Waals surface area contributed by atoms with Crippen LogP contribution in [-0.2, 0) is 62.7 Å². The topological polar surface area (TPSA) is 273 Å². The lowest BCUT2D eigenvalue weighted by molar-refractivity contribution is -0.251. The van der Waals surface area contributed by atoms with Gasteiger partial charge < -0.3 is 38.5 Å². The van der Waals surface area contributed by atoms with Crippen LogP contribution < -0.4 is 14.7 Å². The first-order valence-corrected chi connectivity index (χ1v) is 17.3. The molecule has 2 N–H and O–H groups in total. The summed E-state index contributed by atoms with van der Waals surface area (Å²) in [6.07, 6.45) is 0.803. The van der Waals surface area contributed by atoms with E-state index in [-0.39, 0.29) is 32.1 Å². The zero-order valence-electron chi connectivity index (χ0n) is 20.9. The molecule has 0 aliphatic carbocycles. The van der Waals surface area contributed by atoms with E-state index in [1.807, 2.05) is 0 Å². The van der Waals surface area contributed by atoms with Gasteiger partial charge in [0, 0.05) is 26.3 Å². The lowest BCUT2D eigenvalue weighted by Gasteiger charge is -2.34. The van der Waals surface area contributed by atoms with E-state index in [2.05, 4.69) is 37.0 Å². The first kappa shape index (κ1) is 34.8. The van der Waals surface area contributed by atoms with Crippen molar-refractivity contribution in [2.45, 2.75) is 63.9 Å². The maximum absolute atomic E-state index is 11.8. The summed E-state index contributed by atoms with van der Waals surface area (Å²) < 4.78 is 78.3. The molecule has 0 bridgehead atoms. The van der Waals surface area contributed by atoms with Crippen LogP contribution in [-0.4, -0.2) is 70.2 Å². The monoisotopic (exact) mass is 644 g/mol. The molecule has 0 saturated carbocycles. The molecule has 1 aliphatic heterocycles. The van der Waals surface area contributed by atoms with Gasteiger partial charge in [-0.3, -0.25) is 27.4 Å². The van der Waals surface area contributed by atoms with Gasteiger partial charge in [-0.15, -0.1) is 5.10 Å². The van der Waals surface area contributed by atoms with Crippen molar-refractivity contribution in [3.63, 3.8) is 0 Å². The van der Waals surface area contributed by atoms with E-state index >= 15 is 0 Å². The van der Waals surface area contributed by atoms with Gasteiger partial charge in [0.15, 0.2) is 0 Å². The molecule has 1 aromatic rings. The number of hydrogen-bond acceptors (Lipinski definition) is 17. The van der Waals surface area contributed by atoms with Gasteiger partial charge in [-0.25, -0.2) is 13.2 Å². The Morgan fingerprint density at radius 1 is 1.03 bits per heavy atom. The molecule has 7 atom stereocenters. The standard InChI is InChI=1S/C16H33N3O16P4/c1-13-10-15(20)16(33-13)12-32-38(25,26)35-39(27,28)34-37(23,24)31-9-5-7-19-11-14(17-18-19)6-3-4-8-30-36(21,22)29-2/h11,13,15-16,20H,3-10,12H2,1-2H3,(H,21,22)(H,23,24)(H,25,26)(H,27,28)/p-3/t13-,15?,16+/m1/s1. The van der Waals surface area contributed by atoms with Crippen LogP contribution in [0.5, 0.6) is 0 Å². The van der Waals surface area contributed by atoms with Crippen molar-refractivity contribution in [1.29, 1.82) is 0 Å². The molecule has 228 valence electrons. The predicted molar refractivity (Wildman–Crippen MR) is 122 cm³/mol. The third kappa shape index (κ3) is 13.9. The minimum Gasteiger partial charge on any atom is -0.756 e. The SMILES string of the molecule is COP(=O)(O)OCCCCc1cn(CCCOP(=O)([O-])OP(=O)([O-])OP(=O)([O-])OC[C@@H]2O[C@H](C)CC2O)nn1. The molecule has 5 unspecified atom stereocenters. The van der Waals surface area contributed by atoms with Crippen LogP contribution in [0.15, 0.2) is 6.20 Å². The number of aryl methyl sites for hydroxylation is 2. The Morgan fingerprint density at radius 3 is 2.28 bits per heavy atom. The number of hydrogen-bond donors (Lipinski definition) is 2. The zero-order chi connectivity index (χ0) is 29.3. The van der Waals surface area contributed by atoms with Crippen molar-refractivity contribution >= 4 is 31.3 Å². The molecule has 1 aromatic heterocycles. The summed E-state index contributed by atoms with van der Waals surface area (Å²) in [5.74, 6) is 0. The number of aliphatic hydroxyl groups is 1. The largest absolute Gasteiger partial charge is 0.756 e. The Bertz CT molecular complexity index is 1100. The number of phosphoric ester groups is 3. The third-order valence-corrected chi connectivity index (χ3v) is 10.0. The fraction of sp³-hybridized carbons (Fsp3) is 0.875. The molecule has 0 radical (unpaired) electrons. The van der Waals surface area contributed by atoms with Crippen molar-refractivity contribution in [1.82, 2.24) is 15.0 Å². The highest BCUT2D eigenvalue weighted by Gasteiger charge is 2.33. The summed E-state index contributed by atoms with van der Waals surface area (Å²) in [5.41, 5.74) is 0.588. The van der Waals surface area contributed by atoms with Crippen LogP contribution in [0, 0.1) is 0 Å². The summed E-state index contributed by atoms with van der Waals surface area (Å²) in [5, 5.41) is 17.4. The Morgan fingerprint density at radius 2 is 1.67 bits per heavy atom. The number of ether oxygens (including phenoxy) is 1. The van der Waals surface area contributed by atoms with Crippen molar-refractivity contribution in [2.75, 3.05) is 26.9 Å². The minimum absolute atomic E-state index is 0.00401. The van der Waals surface area contributed by atoms with Crippen LogP contribution >= 0.6 is 31.3 Å². The fourth-order valence-electron chi connectivity index (χ4n) is 3.16. The van der Waals surface area contributed by atoms with Gasteiger partial charge in [0.2, 0.25) is 0 Å². The molecule has 1 fully saturated rings. The number of aliphatic hydroxyl groups excluding tert-OH is 1. The van der Waals surface area contributed by atoms with Crippen molar-refractivity contribution in [3.05, 3.63) is 11.9 Å². The van der Waals surface area contributed by atoms with E-state index < -0.39 is 56.7 Å². The van der Waals surface area contributed by atoms with Gasteiger partial charge in [-0.2, -0.15) is 0 Å². The zero-order valence-corrected chi connectivity index (χ0v) is 24.5. The van der Waals surface area contributed by atoms with E-state index in [1.165, 1.54) is 4.68 Å². The normalized spacial score (nSPS) is 26.0. The highest BCUT2D eigenvalue weighted by atomic mass is 31.3. The fourth-order valence-corrected chi connectivity index (χ4v) is 7.04. The number of aromatic nitrogens is 3. The summed E-state index contributed by atoms with van der Waals surface area (Å²) in [4.78, 5) is 44.4. The summed E-state index contributed by atoms with van der Waals surface area (Å²) in [7, 11) is -20.1. The van der Waals surface area contributed by atoms with Gasteiger partial charge >= 0.3 is 7.82 Å². The molecule has 1 saturated heterocycles. The molecule has 39 heavy (non-hydrogen) atoms. The minimum atomic E-state index is -5.98. The third-order valence-electron chi connectivity index (χ3n) is 4.89. The number of phosphoric acid groups is 4. The molecule has 1 aliphatic rings. The van der Waals surface area contributed by atoms with Gasteiger partial charge in [0.05, 0.1) is 37.7 Å². The lowest BCUT2D eigenvalue weighted by atomic mass is 10.1. The average Bonchev–Trinajstić information content (AvgIpc) is 3.38. The second kappa shape index (κ2) is 15.2. The maximum Gasteiger partial charge on any atom is 0.471 e. The maximum atomic E-state index is 11.8. The van der Waals surface area contributed by atoms with Crippen LogP contribution in [0.25, 0.3) is 0 Å². The van der Waals surface area contributed by atoms with E-state index in [4.69, 9.17) is 9.63 Å². The van der Waals surface area contributed by atoms with Gasteiger partial charge in [0.25, 0.3) is 23.5 Å². The molecule has 0 spiro atoms. The Hall–Kier alpha value is -0.420. The highest BCUT2D eigenvalue weighted by Crippen LogP contribution is 2.63. The molecule has 2 rings (SSSR count). The van der Waals surface area contributed by atoms with E-state index in [0.717, 1.165) is 7.11 Å². The first-order valence-electron chi connectivity index (χ1n) is 11.4. The van der Waals surface area contributed by atoms with Crippen LogP contribution in [0.3, 0.4) is 0 Å². The molecule has 0 amide bonds. The Kier molecular flexibility index (Phi) is 13.5. The Balaban J connectivity index is 1.68. The highest BCUT2D eigenvalue weighted by molar-refractivity contribution is 7.65. The van der Waals surface area contributed by atoms with Gasteiger partial charge in [-0.1, -0.05) is 5.21 Å². The summed E-state index contributed by atoms with van der Waals surface area (Å²) in [6.45, 7) is 0.437. The van der Waals surface area contributed by atoms with Crippen molar-refractivity contribution in [2.24, 2.45) is 0 Å². The average molecular weight is 644 g/mol. The van der Waals surface area contributed by atoms with Crippen molar-refractivity contribution < 1.29 is 74.4 Å². The number of nitrogens with zero attached hydrogens (tertiary/aromatic N) is 3. The molecule has 0 aromatic carbocycles. The summed E-state index contributed by atoms with van der Waals surface area (Å²) >= 11 is 0. The van der Waals surface area contributed by atoms with Crippen LogP contribution in [0.4, 0.5) is 0 Å². The van der Waals surface area contributed by atoms with E-state index in [9.17, 15) is 38.0 Å². The molecular weight excluding hydrogens is 614 g/mol. The van der Waals surface area contributed by atoms with Crippen LogP contribution in [0.1, 0.15) is 38.3 Å². The van der Waals surface area contributed by atoms with E-state index in [0.29, 0.717) is 25.0 Å². The molecular formula is C16H30N3O16P4-3.